The largest absolute Gasteiger partial charge is 0.367 e. The van der Waals surface area contributed by atoms with Gasteiger partial charge in [0.25, 0.3) is 0 Å². The van der Waals surface area contributed by atoms with Gasteiger partial charge in [-0.1, -0.05) is 36.2 Å². The summed E-state index contributed by atoms with van der Waals surface area (Å²) in [5, 5.41) is 1.25. The van der Waals surface area contributed by atoms with Crippen molar-refractivity contribution >= 4 is 28.9 Å². The molecule has 3 atom stereocenters. The molecule has 0 aliphatic carbocycles. The Morgan fingerprint density at radius 3 is 2.71 bits per heavy atom. The summed E-state index contributed by atoms with van der Waals surface area (Å²) >= 11 is 12.3. The second-order valence-electron chi connectivity index (χ2n) is 4.82. The molecule has 0 bridgehead atoms. The molecule has 2 rings (SSSR count). The molecule has 0 radical (unpaired) electrons. The Balaban J connectivity index is 2.31. The van der Waals surface area contributed by atoms with Crippen molar-refractivity contribution in [3.05, 3.63) is 28.2 Å². The fourth-order valence-electron chi connectivity index (χ4n) is 2.45. The molecule has 3 unspecified atom stereocenters. The number of hydrogen-bond acceptors (Lipinski definition) is 2. The standard InChI is InChI=1S/C13H18Cl2N2/c1-8-9(2)17(7-6-11(8)16)12-5-3-4-10(14)13(12)15/h3-5,8-9,11H,6-7,16H2,1-2H3. The van der Waals surface area contributed by atoms with Crippen molar-refractivity contribution in [1.82, 2.24) is 0 Å². The Morgan fingerprint density at radius 1 is 1.29 bits per heavy atom. The number of anilines is 1. The van der Waals surface area contributed by atoms with E-state index in [-0.39, 0.29) is 6.04 Å². The van der Waals surface area contributed by atoms with Crippen molar-refractivity contribution in [1.29, 1.82) is 0 Å². The third kappa shape index (κ3) is 2.40. The third-order valence-corrected chi connectivity index (χ3v) is 4.68. The molecule has 1 aliphatic heterocycles. The van der Waals surface area contributed by atoms with Crippen molar-refractivity contribution in [2.45, 2.75) is 32.4 Å². The smallest absolute Gasteiger partial charge is 0.0825 e. The molecule has 0 aromatic heterocycles. The van der Waals surface area contributed by atoms with Crippen LogP contribution in [-0.2, 0) is 0 Å². The minimum absolute atomic E-state index is 0.277. The van der Waals surface area contributed by atoms with Crippen LogP contribution in [0.5, 0.6) is 0 Å². The topological polar surface area (TPSA) is 29.3 Å². The maximum absolute atomic E-state index is 6.27. The van der Waals surface area contributed by atoms with Crippen molar-refractivity contribution in [3.63, 3.8) is 0 Å². The number of halogens is 2. The number of hydrogen-bond donors (Lipinski definition) is 1. The first-order valence-electron chi connectivity index (χ1n) is 5.98. The van der Waals surface area contributed by atoms with Crippen molar-refractivity contribution in [3.8, 4) is 0 Å². The first-order valence-corrected chi connectivity index (χ1v) is 6.74. The zero-order valence-corrected chi connectivity index (χ0v) is 11.7. The van der Waals surface area contributed by atoms with Gasteiger partial charge in [-0.3, -0.25) is 0 Å². The van der Waals surface area contributed by atoms with E-state index in [1.807, 2.05) is 18.2 Å². The van der Waals surface area contributed by atoms with Gasteiger partial charge in [0.05, 0.1) is 15.7 Å². The Hall–Kier alpha value is -0.440. The molecule has 1 saturated heterocycles. The van der Waals surface area contributed by atoms with Crippen LogP contribution in [0.4, 0.5) is 5.69 Å². The average Bonchev–Trinajstić information content (AvgIpc) is 2.31. The lowest BCUT2D eigenvalue weighted by atomic mass is 9.87. The summed E-state index contributed by atoms with van der Waals surface area (Å²) in [7, 11) is 0. The molecule has 1 fully saturated rings. The highest BCUT2D eigenvalue weighted by molar-refractivity contribution is 6.43. The van der Waals surface area contributed by atoms with E-state index < -0.39 is 0 Å². The third-order valence-electron chi connectivity index (χ3n) is 3.87. The molecular weight excluding hydrogens is 255 g/mol. The van der Waals surface area contributed by atoms with Crippen LogP contribution in [-0.4, -0.2) is 18.6 Å². The SMILES string of the molecule is CC1C(N)CCN(c2cccc(Cl)c2Cl)C1C. The van der Waals surface area contributed by atoms with E-state index in [2.05, 4.69) is 18.7 Å². The summed E-state index contributed by atoms with van der Waals surface area (Å²) in [6, 6.07) is 6.44. The normalized spacial score (nSPS) is 29.5. The summed E-state index contributed by atoms with van der Waals surface area (Å²) in [5.74, 6) is 0.457. The summed E-state index contributed by atoms with van der Waals surface area (Å²) in [6.07, 6.45) is 0.994. The van der Waals surface area contributed by atoms with Crippen LogP contribution in [0.1, 0.15) is 20.3 Å². The maximum atomic E-state index is 6.27. The van der Waals surface area contributed by atoms with Gasteiger partial charge in [-0.25, -0.2) is 0 Å². The minimum atomic E-state index is 0.277. The molecule has 2 N–H and O–H groups in total. The first-order chi connectivity index (χ1) is 8.02. The van der Waals surface area contributed by atoms with Crippen LogP contribution < -0.4 is 10.6 Å². The van der Waals surface area contributed by atoms with Crippen molar-refractivity contribution in [2.24, 2.45) is 11.7 Å². The minimum Gasteiger partial charge on any atom is -0.367 e. The lowest BCUT2D eigenvalue weighted by Crippen LogP contribution is -2.52. The van der Waals surface area contributed by atoms with Gasteiger partial charge >= 0.3 is 0 Å². The predicted molar refractivity (Wildman–Crippen MR) is 75.0 cm³/mol. The molecule has 94 valence electrons. The number of piperidine rings is 1. The van der Waals surface area contributed by atoms with Gasteiger partial charge in [-0.2, -0.15) is 0 Å². The van der Waals surface area contributed by atoms with Crippen LogP contribution in [0.25, 0.3) is 0 Å². The number of nitrogens with two attached hydrogens (primary N) is 1. The lowest BCUT2D eigenvalue weighted by molar-refractivity contribution is 0.315. The van der Waals surface area contributed by atoms with E-state index in [1.165, 1.54) is 0 Å². The second kappa shape index (κ2) is 5.05. The summed E-state index contributed by atoms with van der Waals surface area (Å²) in [4.78, 5) is 2.31. The van der Waals surface area contributed by atoms with Gasteiger partial charge in [-0.15, -0.1) is 0 Å². The second-order valence-corrected chi connectivity index (χ2v) is 5.60. The van der Waals surface area contributed by atoms with E-state index in [0.29, 0.717) is 22.0 Å². The highest BCUT2D eigenvalue weighted by Crippen LogP contribution is 2.36. The van der Waals surface area contributed by atoms with Crippen LogP contribution in [0.3, 0.4) is 0 Å². The average molecular weight is 273 g/mol. The lowest BCUT2D eigenvalue weighted by Gasteiger charge is -2.43. The molecular formula is C13H18Cl2N2. The molecule has 17 heavy (non-hydrogen) atoms. The van der Waals surface area contributed by atoms with Gasteiger partial charge in [0.2, 0.25) is 0 Å². The van der Waals surface area contributed by atoms with Gasteiger partial charge in [-0.05, 0) is 31.4 Å². The molecule has 0 amide bonds. The Morgan fingerprint density at radius 2 is 2.00 bits per heavy atom. The van der Waals surface area contributed by atoms with E-state index in [9.17, 15) is 0 Å². The summed E-state index contributed by atoms with van der Waals surface area (Å²) in [6.45, 7) is 5.33. The molecule has 1 aromatic carbocycles. The number of benzene rings is 1. The van der Waals surface area contributed by atoms with Crippen LogP contribution in [0, 0.1) is 5.92 Å². The molecule has 4 heteroatoms. The van der Waals surface area contributed by atoms with Gasteiger partial charge in [0.15, 0.2) is 0 Å². The van der Waals surface area contributed by atoms with Crippen molar-refractivity contribution in [2.75, 3.05) is 11.4 Å². The molecule has 0 saturated carbocycles. The van der Waals surface area contributed by atoms with E-state index >= 15 is 0 Å². The van der Waals surface area contributed by atoms with Gasteiger partial charge < -0.3 is 10.6 Å². The van der Waals surface area contributed by atoms with E-state index in [4.69, 9.17) is 28.9 Å². The Labute approximate surface area is 113 Å². The fraction of sp³-hybridized carbons (Fsp3) is 0.538. The van der Waals surface area contributed by atoms with E-state index in [0.717, 1.165) is 18.7 Å². The quantitative estimate of drug-likeness (QED) is 0.847. The molecule has 1 aromatic rings. The highest BCUT2D eigenvalue weighted by atomic mass is 35.5. The summed E-state index contributed by atoms with van der Waals surface area (Å²) < 4.78 is 0. The highest BCUT2D eigenvalue weighted by Gasteiger charge is 2.31. The monoisotopic (exact) mass is 272 g/mol. The fourth-order valence-corrected chi connectivity index (χ4v) is 2.85. The zero-order valence-electron chi connectivity index (χ0n) is 10.2. The van der Waals surface area contributed by atoms with Crippen LogP contribution in [0.15, 0.2) is 18.2 Å². The Kier molecular flexibility index (Phi) is 3.86. The summed E-state index contributed by atoms with van der Waals surface area (Å²) in [5.41, 5.74) is 7.11. The van der Waals surface area contributed by atoms with Gasteiger partial charge in [0, 0.05) is 18.6 Å². The zero-order chi connectivity index (χ0) is 12.6. The first kappa shape index (κ1) is 13.0. The number of nitrogens with zero attached hydrogens (tertiary/aromatic N) is 1. The van der Waals surface area contributed by atoms with Gasteiger partial charge in [0.1, 0.15) is 0 Å². The maximum Gasteiger partial charge on any atom is 0.0825 e. The molecule has 1 aliphatic rings. The van der Waals surface area contributed by atoms with Crippen LogP contribution >= 0.6 is 23.2 Å². The molecule has 1 heterocycles. The Bertz CT molecular complexity index is 408. The van der Waals surface area contributed by atoms with Crippen LogP contribution in [0.2, 0.25) is 10.0 Å². The predicted octanol–water partition coefficient (Wildman–Crippen LogP) is 3.56. The molecule has 2 nitrogen and oxygen atoms in total. The van der Waals surface area contributed by atoms with E-state index in [1.54, 1.807) is 0 Å². The number of rotatable bonds is 1. The molecule has 0 spiro atoms. The van der Waals surface area contributed by atoms with Crippen molar-refractivity contribution < 1.29 is 0 Å².